The summed E-state index contributed by atoms with van der Waals surface area (Å²) in [5, 5.41) is 0. The van der Waals surface area contributed by atoms with Crippen molar-refractivity contribution in [1.29, 1.82) is 0 Å². The van der Waals surface area contributed by atoms with Crippen LogP contribution in [0.25, 0.3) is 6.08 Å². The molecule has 0 spiro atoms. The molecule has 0 heterocycles. The third-order valence-corrected chi connectivity index (χ3v) is 5.35. The van der Waals surface area contributed by atoms with E-state index in [1.807, 2.05) is 0 Å². The van der Waals surface area contributed by atoms with E-state index in [0.29, 0.717) is 45.9 Å². The maximum atomic E-state index is 13.0. The summed E-state index contributed by atoms with van der Waals surface area (Å²) in [6, 6.07) is 5.32. The molecule has 166 valence electrons. The molecule has 2 aromatic carbocycles. The number of fused-ring (bicyclic) bond motifs is 1. The molecule has 0 saturated heterocycles. The number of phosphoric acid groups is 1. The van der Waals surface area contributed by atoms with Crippen molar-refractivity contribution >= 4 is 25.4 Å². The molecule has 0 atom stereocenters. The van der Waals surface area contributed by atoms with Crippen LogP contribution in [-0.2, 0) is 15.5 Å². The van der Waals surface area contributed by atoms with Gasteiger partial charge >= 0.3 is 59.1 Å². The normalized spacial score (nSPS) is 13.8. The number of aryl methyl sites for hydroxylation is 2. The molecule has 0 unspecified atom stereocenters. The first-order valence-corrected chi connectivity index (χ1v) is 10.7. The second kappa shape index (κ2) is 12.2. The van der Waals surface area contributed by atoms with E-state index in [1.54, 1.807) is 38.1 Å². The van der Waals surface area contributed by atoms with Crippen LogP contribution in [0.15, 0.2) is 23.8 Å². The van der Waals surface area contributed by atoms with Crippen molar-refractivity contribution in [2.24, 2.45) is 0 Å². The number of rotatable bonds is 7. The molecule has 12 heteroatoms. The van der Waals surface area contributed by atoms with Gasteiger partial charge in [-0.1, -0.05) is 0 Å². The Morgan fingerprint density at radius 2 is 1.67 bits per heavy atom. The van der Waals surface area contributed by atoms with Crippen molar-refractivity contribution in [3.05, 3.63) is 51.6 Å². The Labute approximate surface area is 236 Å². The van der Waals surface area contributed by atoms with Crippen molar-refractivity contribution < 1.29 is 97.0 Å². The van der Waals surface area contributed by atoms with E-state index in [1.165, 1.54) is 14.2 Å². The number of benzene rings is 2. The van der Waals surface area contributed by atoms with E-state index in [0.717, 1.165) is 11.1 Å². The Bertz CT molecular complexity index is 1110. The van der Waals surface area contributed by atoms with Gasteiger partial charge in [0, 0.05) is 12.0 Å². The van der Waals surface area contributed by atoms with Gasteiger partial charge in [-0.3, -0.25) is 4.79 Å². The fourth-order valence-electron chi connectivity index (χ4n) is 3.69. The number of hydrogen-bond donors (Lipinski definition) is 1. The van der Waals surface area contributed by atoms with Gasteiger partial charge in [0.05, 0.1) is 33.3 Å². The first-order chi connectivity index (χ1) is 14.6. The molecule has 0 fully saturated rings. The minimum Gasteiger partial charge on any atom is -0.790 e. The molecule has 0 aliphatic heterocycles. The van der Waals surface area contributed by atoms with Crippen molar-refractivity contribution in [3.8, 4) is 17.2 Å². The van der Waals surface area contributed by atoms with Gasteiger partial charge < -0.3 is 38.8 Å². The zero-order valence-corrected chi connectivity index (χ0v) is 24.4. The topological polar surface area (TPSA) is 143 Å². The number of carbonyl (C=O) groups is 1. The smallest absolute Gasteiger partial charge is 0.790 e. The van der Waals surface area contributed by atoms with Crippen LogP contribution in [0.5, 0.6) is 17.2 Å². The van der Waals surface area contributed by atoms with Crippen molar-refractivity contribution in [3.63, 3.8) is 0 Å². The number of allylic oxidation sites excluding steroid dienone is 1. The van der Waals surface area contributed by atoms with Gasteiger partial charge in [0.2, 0.25) is 0 Å². The molecule has 9 nitrogen and oxygen atoms in total. The second-order valence-electron chi connectivity index (χ2n) is 7.06. The molecule has 2 N–H and O–H groups in total. The van der Waals surface area contributed by atoms with E-state index in [4.69, 9.17) is 19.9 Å². The van der Waals surface area contributed by atoms with Crippen molar-refractivity contribution in [2.75, 3.05) is 26.7 Å². The number of nitrogens with two attached hydrogens (primary N) is 1. The summed E-state index contributed by atoms with van der Waals surface area (Å²) in [5.74, 6) is 1.00. The summed E-state index contributed by atoms with van der Waals surface area (Å²) in [6.07, 6.45) is 2.16. The predicted molar refractivity (Wildman–Crippen MR) is 110 cm³/mol. The molecule has 0 bridgehead atoms. The summed E-state index contributed by atoms with van der Waals surface area (Å²) in [6.45, 7) is 2.82. The Morgan fingerprint density at radius 1 is 1.06 bits per heavy atom. The standard InChI is InChI=1S/C21H24NO8P.2Na/c1-11-5-13(6-12(2)20(11)29-10-30-31(24,25)26)7-15-8-14-9-16(27-3)21(28-4)18(22)17(14)19(15)23;;/h5-7,9H,8,10,22H2,1-4H3,(H2,24,25,26);;/q;2*+1/p-2/b15-7+;;. The van der Waals surface area contributed by atoms with E-state index in [9.17, 15) is 19.1 Å². The summed E-state index contributed by atoms with van der Waals surface area (Å²) in [7, 11) is -2.15. The van der Waals surface area contributed by atoms with Crippen LogP contribution in [0.4, 0.5) is 5.69 Å². The number of phosphoric ester groups is 1. The van der Waals surface area contributed by atoms with Crippen LogP contribution in [0, 0.1) is 13.8 Å². The van der Waals surface area contributed by atoms with Gasteiger partial charge in [-0.15, -0.1) is 0 Å². The van der Waals surface area contributed by atoms with Crippen LogP contribution >= 0.6 is 7.82 Å². The third kappa shape index (κ3) is 6.86. The largest absolute Gasteiger partial charge is 1.00 e. The van der Waals surface area contributed by atoms with E-state index in [2.05, 4.69) is 4.52 Å². The van der Waals surface area contributed by atoms with E-state index >= 15 is 0 Å². The summed E-state index contributed by atoms with van der Waals surface area (Å²) in [5.41, 5.74) is 10.3. The minimum atomic E-state index is -5.11. The number of carbonyl (C=O) groups excluding carboxylic acids is 1. The van der Waals surface area contributed by atoms with E-state index < -0.39 is 14.6 Å². The molecule has 33 heavy (non-hydrogen) atoms. The number of methoxy groups -OCH3 is 2. The Morgan fingerprint density at radius 3 is 2.18 bits per heavy atom. The second-order valence-corrected chi connectivity index (χ2v) is 8.21. The third-order valence-electron chi connectivity index (χ3n) is 4.93. The Hall–Kier alpha value is -0.840. The van der Waals surface area contributed by atoms with Crippen molar-refractivity contribution in [2.45, 2.75) is 20.3 Å². The molecule has 3 rings (SSSR count). The molecule has 1 aliphatic rings. The van der Waals surface area contributed by atoms with Crippen molar-refractivity contribution in [1.82, 2.24) is 0 Å². The number of ether oxygens (including phenoxy) is 3. The monoisotopic (exact) mass is 493 g/mol. The maximum absolute atomic E-state index is 13.0. The molecule has 2 aromatic rings. The average Bonchev–Trinajstić information content (AvgIpc) is 2.98. The number of hydrogen-bond acceptors (Lipinski definition) is 9. The molecular weight excluding hydrogens is 471 g/mol. The quantitative estimate of drug-likeness (QED) is 0.134. The average molecular weight is 493 g/mol. The fraction of sp³-hybridized carbons (Fsp3) is 0.286. The Kier molecular flexibility index (Phi) is 11.2. The first-order valence-electron chi connectivity index (χ1n) is 9.25. The van der Waals surface area contributed by atoms with Crippen LogP contribution in [0.3, 0.4) is 0 Å². The van der Waals surface area contributed by atoms with Gasteiger partial charge in [0.15, 0.2) is 24.1 Å². The minimum absolute atomic E-state index is 0. The van der Waals surface area contributed by atoms with Gasteiger partial charge in [0.1, 0.15) is 5.75 Å². The summed E-state index contributed by atoms with van der Waals surface area (Å²) >= 11 is 0. The molecule has 0 saturated carbocycles. The van der Waals surface area contributed by atoms with Gasteiger partial charge in [-0.05, 0) is 60.4 Å². The Balaban J connectivity index is 0.00000272. The molecule has 1 aliphatic carbocycles. The molecular formula is C21H22NNa2O8P. The SMILES string of the molecule is COc1cc2c(c(N)c1OC)C(=O)/C(=C/c1cc(C)c(OCOP(=O)([O-])[O-])c(C)c1)C2.[Na+].[Na+]. The fourth-order valence-corrected chi connectivity index (χ4v) is 3.88. The first kappa shape index (κ1) is 30.2. The zero-order chi connectivity index (χ0) is 22.9. The predicted octanol–water partition coefficient (Wildman–Crippen LogP) is -4.09. The zero-order valence-electron chi connectivity index (χ0n) is 19.5. The maximum Gasteiger partial charge on any atom is 1.00 e. The van der Waals surface area contributed by atoms with E-state index in [-0.39, 0.29) is 70.6 Å². The van der Waals surface area contributed by atoms with Gasteiger partial charge in [0.25, 0.3) is 0 Å². The van der Waals surface area contributed by atoms with Gasteiger partial charge in [-0.2, -0.15) is 0 Å². The molecule has 0 aromatic heterocycles. The number of ketones is 1. The molecule has 0 radical (unpaired) electrons. The van der Waals surface area contributed by atoms with Crippen LogP contribution < -0.4 is 88.8 Å². The number of Topliss-reactive ketones (excluding diaryl/α,β-unsaturated/α-hetero) is 1. The number of nitrogen functional groups attached to an aromatic ring is 1. The van der Waals surface area contributed by atoms with Crippen LogP contribution in [0.1, 0.15) is 32.6 Å². The summed E-state index contributed by atoms with van der Waals surface area (Å²) in [4.78, 5) is 34.1. The summed E-state index contributed by atoms with van der Waals surface area (Å²) < 4.78 is 30.6. The van der Waals surface area contributed by atoms with Gasteiger partial charge in [-0.25, -0.2) is 0 Å². The number of anilines is 1. The van der Waals surface area contributed by atoms with Crippen LogP contribution in [-0.4, -0.2) is 26.8 Å². The molecule has 0 amide bonds. The van der Waals surface area contributed by atoms with Crippen LogP contribution in [0.2, 0.25) is 0 Å².